The summed E-state index contributed by atoms with van der Waals surface area (Å²) in [6.45, 7) is 3.26. The highest BCUT2D eigenvalue weighted by Gasteiger charge is 2.26. The van der Waals surface area contributed by atoms with Gasteiger partial charge < -0.3 is 24.6 Å². The van der Waals surface area contributed by atoms with Crippen LogP contribution in [-0.2, 0) is 25.4 Å². The summed E-state index contributed by atoms with van der Waals surface area (Å²) in [6.07, 6.45) is 0.953. The van der Waals surface area contributed by atoms with Gasteiger partial charge in [-0.25, -0.2) is 0 Å². The molecule has 2 saturated heterocycles. The summed E-state index contributed by atoms with van der Waals surface area (Å²) in [4.78, 5) is 11.7. The minimum atomic E-state index is -0.141. The molecule has 0 radical (unpaired) electrons. The molecule has 0 spiro atoms. The fourth-order valence-electron chi connectivity index (χ4n) is 2.22. The van der Waals surface area contributed by atoms with Gasteiger partial charge in [0.05, 0.1) is 32.8 Å². The first kappa shape index (κ1) is 18.4. The molecular formula is C20H23NO5. The highest BCUT2D eigenvalue weighted by atomic mass is 16.6. The van der Waals surface area contributed by atoms with Crippen molar-refractivity contribution in [2.45, 2.75) is 18.6 Å². The molecule has 0 aromatic heterocycles. The fraction of sp³-hybridized carbons (Fsp3) is 0.350. The van der Waals surface area contributed by atoms with Gasteiger partial charge in [0.2, 0.25) is 5.91 Å². The molecule has 2 aliphatic rings. The minimum Gasteiger partial charge on any atom is -0.508 e. The lowest BCUT2D eigenvalue weighted by molar-refractivity contribution is -0.115. The third-order valence-electron chi connectivity index (χ3n) is 3.81. The zero-order valence-electron chi connectivity index (χ0n) is 14.5. The Balaban J connectivity index is 0.000000181. The number of carbonyl (C=O) groups excluding carboxylic acids is 1. The third-order valence-corrected chi connectivity index (χ3v) is 3.81. The van der Waals surface area contributed by atoms with Gasteiger partial charge in [0.25, 0.3) is 0 Å². The summed E-state index contributed by atoms with van der Waals surface area (Å²) in [5.74, 6) is 0.00779. The molecule has 2 N–H and O–H groups in total. The highest BCUT2D eigenvalue weighted by Crippen LogP contribution is 2.17. The van der Waals surface area contributed by atoms with Crippen LogP contribution in [0, 0.1) is 0 Å². The molecule has 2 atom stereocenters. The number of phenols is 1. The standard InChI is InChI=1S/C14H13NO2.C6H10O3/c16-13-9-5-4-6-11(13)10-14(17)15-12-7-2-1-3-8-12;1(5-3-8-5)7-2-6-4-9-6/h1-9,16H,10H2,(H,15,17);5-6H,1-4H2. The van der Waals surface area contributed by atoms with E-state index < -0.39 is 0 Å². The number of anilines is 1. The van der Waals surface area contributed by atoms with Crippen LogP contribution in [0.5, 0.6) is 5.75 Å². The van der Waals surface area contributed by atoms with Crippen LogP contribution in [0.2, 0.25) is 0 Å². The molecule has 26 heavy (non-hydrogen) atoms. The average Bonchev–Trinajstić information content (AvgIpc) is 3.54. The molecule has 0 saturated carbocycles. The van der Waals surface area contributed by atoms with Gasteiger partial charge in [-0.2, -0.15) is 0 Å². The molecule has 2 aromatic carbocycles. The monoisotopic (exact) mass is 357 g/mol. The number of hydrogen-bond donors (Lipinski definition) is 2. The van der Waals surface area contributed by atoms with Gasteiger partial charge in [0, 0.05) is 11.3 Å². The van der Waals surface area contributed by atoms with Crippen LogP contribution >= 0.6 is 0 Å². The van der Waals surface area contributed by atoms with Crippen molar-refractivity contribution in [3.05, 3.63) is 60.2 Å². The molecule has 1 amide bonds. The number of nitrogens with one attached hydrogen (secondary N) is 1. The van der Waals surface area contributed by atoms with E-state index in [1.807, 2.05) is 30.3 Å². The number of rotatable bonds is 7. The van der Waals surface area contributed by atoms with Crippen LogP contribution in [0.15, 0.2) is 54.6 Å². The van der Waals surface area contributed by atoms with E-state index in [2.05, 4.69) is 5.32 Å². The predicted octanol–water partition coefficient (Wildman–Crippen LogP) is 2.37. The van der Waals surface area contributed by atoms with E-state index in [1.165, 1.54) is 0 Å². The van der Waals surface area contributed by atoms with E-state index in [0.29, 0.717) is 17.8 Å². The molecular weight excluding hydrogens is 334 g/mol. The molecule has 2 heterocycles. The topological polar surface area (TPSA) is 83.6 Å². The molecule has 2 unspecified atom stereocenters. The average molecular weight is 357 g/mol. The van der Waals surface area contributed by atoms with Crippen molar-refractivity contribution >= 4 is 11.6 Å². The van der Waals surface area contributed by atoms with E-state index in [1.54, 1.807) is 24.3 Å². The fourth-order valence-corrected chi connectivity index (χ4v) is 2.22. The van der Waals surface area contributed by atoms with E-state index in [-0.39, 0.29) is 18.1 Å². The molecule has 6 heteroatoms. The second-order valence-corrected chi connectivity index (χ2v) is 6.17. The SMILES string of the molecule is C(OCC1CO1)C1CO1.O=C(Cc1ccccc1O)Nc1ccccc1. The number of amides is 1. The lowest BCUT2D eigenvalue weighted by Crippen LogP contribution is -2.14. The normalized spacial score (nSPS) is 19.8. The summed E-state index contributed by atoms with van der Waals surface area (Å²) in [7, 11) is 0. The van der Waals surface area contributed by atoms with Crippen LogP contribution in [-0.4, -0.2) is 49.6 Å². The highest BCUT2D eigenvalue weighted by molar-refractivity contribution is 5.92. The third kappa shape index (κ3) is 6.84. The molecule has 0 aliphatic carbocycles. The smallest absolute Gasteiger partial charge is 0.228 e. The first-order valence-corrected chi connectivity index (χ1v) is 8.63. The van der Waals surface area contributed by atoms with E-state index in [4.69, 9.17) is 14.2 Å². The molecule has 2 fully saturated rings. The van der Waals surface area contributed by atoms with Crippen LogP contribution in [0.4, 0.5) is 5.69 Å². The van der Waals surface area contributed by atoms with Gasteiger partial charge in [-0.05, 0) is 18.2 Å². The van der Waals surface area contributed by atoms with E-state index >= 15 is 0 Å². The number of phenolic OH excluding ortho intramolecular Hbond substituents is 1. The first-order chi connectivity index (χ1) is 12.7. The number of hydrogen-bond acceptors (Lipinski definition) is 5. The maximum atomic E-state index is 11.7. The van der Waals surface area contributed by atoms with E-state index in [0.717, 1.165) is 32.1 Å². The second-order valence-electron chi connectivity index (χ2n) is 6.17. The van der Waals surface area contributed by atoms with Crippen LogP contribution in [0.3, 0.4) is 0 Å². The lowest BCUT2D eigenvalue weighted by atomic mass is 10.1. The zero-order chi connectivity index (χ0) is 18.2. The Kier molecular flexibility index (Phi) is 6.60. The minimum absolute atomic E-state index is 0.141. The van der Waals surface area contributed by atoms with Crippen molar-refractivity contribution in [2.75, 3.05) is 31.7 Å². The number of benzene rings is 2. The lowest BCUT2D eigenvalue weighted by Gasteiger charge is -2.06. The second kappa shape index (κ2) is 9.33. The Hall–Kier alpha value is -2.41. The number of ether oxygens (including phenoxy) is 3. The molecule has 0 bridgehead atoms. The number of aromatic hydroxyl groups is 1. The molecule has 2 aromatic rings. The van der Waals surface area contributed by atoms with Gasteiger partial charge in [0.15, 0.2) is 0 Å². The predicted molar refractivity (Wildman–Crippen MR) is 97.2 cm³/mol. The Morgan fingerprint density at radius 2 is 1.58 bits per heavy atom. The van der Waals surface area contributed by atoms with Crippen molar-refractivity contribution in [2.24, 2.45) is 0 Å². The number of carbonyl (C=O) groups is 1. The Labute approximate surface area is 152 Å². The largest absolute Gasteiger partial charge is 0.508 e. The van der Waals surface area contributed by atoms with Crippen molar-refractivity contribution in [1.82, 2.24) is 0 Å². The summed E-state index contributed by atoms with van der Waals surface area (Å²) in [5, 5.41) is 12.3. The quantitative estimate of drug-likeness (QED) is 0.744. The summed E-state index contributed by atoms with van der Waals surface area (Å²) in [5.41, 5.74) is 1.38. The van der Waals surface area contributed by atoms with Crippen LogP contribution < -0.4 is 5.32 Å². The van der Waals surface area contributed by atoms with Gasteiger partial charge >= 0.3 is 0 Å². The van der Waals surface area contributed by atoms with Crippen molar-refractivity contribution in [1.29, 1.82) is 0 Å². The van der Waals surface area contributed by atoms with Crippen LogP contribution in [0.1, 0.15) is 5.56 Å². The van der Waals surface area contributed by atoms with Gasteiger partial charge in [-0.1, -0.05) is 36.4 Å². The van der Waals surface area contributed by atoms with Crippen molar-refractivity contribution in [3.8, 4) is 5.75 Å². The van der Waals surface area contributed by atoms with Gasteiger partial charge in [0.1, 0.15) is 18.0 Å². The van der Waals surface area contributed by atoms with Gasteiger partial charge in [-0.3, -0.25) is 4.79 Å². The molecule has 2 aliphatic heterocycles. The maximum Gasteiger partial charge on any atom is 0.228 e. The molecule has 4 rings (SSSR count). The van der Waals surface area contributed by atoms with Gasteiger partial charge in [-0.15, -0.1) is 0 Å². The first-order valence-electron chi connectivity index (χ1n) is 8.63. The Morgan fingerprint density at radius 1 is 1.00 bits per heavy atom. The Bertz CT molecular complexity index is 686. The summed E-state index contributed by atoms with van der Waals surface area (Å²) in [6, 6.07) is 16.1. The number of epoxide rings is 2. The van der Waals surface area contributed by atoms with Crippen molar-refractivity contribution in [3.63, 3.8) is 0 Å². The van der Waals surface area contributed by atoms with E-state index in [9.17, 15) is 9.90 Å². The summed E-state index contributed by atoms with van der Waals surface area (Å²) < 4.78 is 15.1. The maximum absolute atomic E-state index is 11.7. The van der Waals surface area contributed by atoms with Crippen LogP contribution in [0.25, 0.3) is 0 Å². The van der Waals surface area contributed by atoms with Crippen molar-refractivity contribution < 1.29 is 24.1 Å². The zero-order valence-corrected chi connectivity index (χ0v) is 14.5. The Morgan fingerprint density at radius 3 is 2.15 bits per heavy atom. The number of para-hydroxylation sites is 2. The molecule has 138 valence electrons. The summed E-state index contributed by atoms with van der Waals surface area (Å²) >= 11 is 0. The molecule has 6 nitrogen and oxygen atoms in total.